The number of fused-ring (bicyclic) bond motifs is 2. The van der Waals surface area contributed by atoms with Gasteiger partial charge < -0.3 is 15.1 Å². The van der Waals surface area contributed by atoms with Gasteiger partial charge in [0.05, 0.1) is 24.5 Å². The van der Waals surface area contributed by atoms with Gasteiger partial charge in [0.25, 0.3) is 11.7 Å². The van der Waals surface area contributed by atoms with E-state index in [1.165, 1.54) is 0 Å². The number of carbonyl (C=O) groups is 1. The predicted molar refractivity (Wildman–Crippen MR) is 89.1 cm³/mol. The molecule has 2 N–H and O–H groups in total. The molecule has 0 bridgehead atoms. The van der Waals surface area contributed by atoms with Gasteiger partial charge in [-0.2, -0.15) is 5.10 Å². The van der Waals surface area contributed by atoms with Gasteiger partial charge in [-0.25, -0.2) is 4.98 Å². The van der Waals surface area contributed by atoms with Crippen molar-refractivity contribution in [1.29, 1.82) is 0 Å². The minimum atomic E-state index is -1.02. The van der Waals surface area contributed by atoms with Crippen LogP contribution in [0, 0.1) is 6.92 Å². The molecule has 10 heteroatoms. The lowest BCUT2D eigenvalue weighted by Crippen LogP contribution is -2.32. The third-order valence-electron chi connectivity index (χ3n) is 4.44. The monoisotopic (exact) mass is 357 g/mol. The molecule has 4 rings (SSSR count). The summed E-state index contributed by atoms with van der Waals surface area (Å²) in [6, 6.07) is 3.52. The summed E-state index contributed by atoms with van der Waals surface area (Å²) in [5, 5.41) is 31.2. The first kappa shape index (κ1) is 16.6. The van der Waals surface area contributed by atoms with Gasteiger partial charge in [0.2, 0.25) is 5.82 Å². The first-order chi connectivity index (χ1) is 12.6. The predicted octanol–water partition coefficient (Wildman–Crippen LogP) is -0.299. The molecule has 4 heterocycles. The van der Waals surface area contributed by atoms with Crippen molar-refractivity contribution in [2.24, 2.45) is 0 Å². The molecule has 0 saturated heterocycles. The van der Waals surface area contributed by atoms with Gasteiger partial charge in [-0.05, 0) is 25.5 Å². The molecule has 3 aromatic heterocycles. The van der Waals surface area contributed by atoms with Crippen LogP contribution in [-0.2, 0) is 13.1 Å². The number of nitrogens with zero attached hydrogens (tertiary/aromatic N) is 7. The highest BCUT2D eigenvalue weighted by atomic mass is 16.3. The van der Waals surface area contributed by atoms with Crippen LogP contribution < -0.4 is 0 Å². The third-order valence-corrected chi connectivity index (χ3v) is 4.44. The molecule has 10 nitrogen and oxygen atoms in total. The Balaban J connectivity index is 1.62. The van der Waals surface area contributed by atoms with Crippen LogP contribution in [0.5, 0.6) is 0 Å². The van der Waals surface area contributed by atoms with Gasteiger partial charge >= 0.3 is 0 Å². The molecule has 0 fully saturated rings. The molecule has 0 radical (unpaired) electrons. The Morgan fingerprint density at radius 2 is 2.19 bits per heavy atom. The van der Waals surface area contributed by atoms with Gasteiger partial charge in [-0.1, -0.05) is 0 Å². The van der Waals surface area contributed by atoms with Crippen molar-refractivity contribution in [2.45, 2.75) is 32.5 Å². The van der Waals surface area contributed by atoms with Gasteiger partial charge in [0.1, 0.15) is 6.10 Å². The molecule has 1 amide bonds. The number of hydrogen-bond donors (Lipinski definition) is 2. The zero-order valence-electron chi connectivity index (χ0n) is 14.3. The van der Waals surface area contributed by atoms with E-state index in [0.29, 0.717) is 31.1 Å². The van der Waals surface area contributed by atoms with Crippen molar-refractivity contribution in [2.75, 3.05) is 13.2 Å². The van der Waals surface area contributed by atoms with Crippen LogP contribution in [0.15, 0.2) is 18.3 Å². The second kappa shape index (κ2) is 6.46. The summed E-state index contributed by atoms with van der Waals surface area (Å²) in [6.07, 6.45) is 1.44. The fraction of sp³-hybridized carbons (Fsp3) is 0.438. The first-order valence-electron chi connectivity index (χ1n) is 8.40. The number of carbonyl (C=O) groups excluding carboxylic acids is 1. The largest absolute Gasteiger partial charge is 0.393 e. The van der Waals surface area contributed by atoms with Gasteiger partial charge in [-0.15, -0.1) is 10.2 Å². The van der Waals surface area contributed by atoms with E-state index in [1.54, 1.807) is 32.3 Å². The molecule has 0 saturated carbocycles. The molecule has 26 heavy (non-hydrogen) atoms. The van der Waals surface area contributed by atoms with Crippen LogP contribution in [0.3, 0.4) is 0 Å². The lowest BCUT2D eigenvalue weighted by Gasteiger charge is -2.18. The zero-order chi connectivity index (χ0) is 18.3. The quantitative estimate of drug-likeness (QED) is 0.660. The van der Waals surface area contributed by atoms with Crippen LogP contribution in [-0.4, -0.2) is 63.5 Å². The fourth-order valence-corrected chi connectivity index (χ4v) is 3.08. The Morgan fingerprint density at radius 1 is 1.35 bits per heavy atom. The Hall–Kier alpha value is -2.85. The average Bonchev–Trinajstić information content (AvgIpc) is 3.18. The number of amides is 1. The van der Waals surface area contributed by atoms with Crippen LogP contribution >= 0.6 is 0 Å². The summed E-state index contributed by atoms with van der Waals surface area (Å²) in [7, 11) is 0. The summed E-state index contributed by atoms with van der Waals surface area (Å²) >= 11 is 0. The van der Waals surface area contributed by atoms with E-state index >= 15 is 0 Å². The smallest absolute Gasteiger partial charge is 0.292 e. The summed E-state index contributed by atoms with van der Waals surface area (Å²) < 4.78 is 3.35. The molecule has 0 spiro atoms. The number of rotatable bonds is 3. The average molecular weight is 357 g/mol. The van der Waals surface area contributed by atoms with Crippen LogP contribution in [0.2, 0.25) is 0 Å². The Labute approximate surface area is 148 Å². The Morgan fingerprint density at radius 3 is 3.00 bits per heavy atom. The number of hydrogen-bond acceptors (Lipinski definition) is 7. The lowest BCUT2D eigenvalue weighted by molar-refractivity contribution is 0.0731. The maximum Gasteiger partial charge on any atom is 0.292 e. The summed E-state index contributed by atoms with van der Waals surface area (Å²) in [5.41, 5.74) is 2.02. The topological polar surface area (TPSA) is 122 Å². The van der Waals surface area contributed by atoms with E-state index in [4.69, 9.17) is 5.11 Å². The minimum absolute atomic E-state index is 0.219. The van der Waals surface area contributed by atoms with E-state index in [2.05, 4.69) is 20.3 Å². The highest BCUT2D eigenvalue weighted by molar-refractivity contribution is 5.91. The third kappa shape index (κ3) is 2.82. The summed E-state index contributed by atoms with van der Waals surface area (Å²) in [4.78, 5) is 18.9. The van der Waals surface area contributed by atoms with Crippen LogP contribution in [0.1, 0.15) is 40.2 Å². The van der Waals surface area contributed by atoms with Crippen molar-refractivity contribution in [3.05, 3.63) is 41.2 Å². The second-order valence-electron chi connectivity index (χ2n) is 6.32. The van der Waals surface area contributed by atoms with Crippen molar-refractivity contribution in [3.63, 3.8) is 0 Å². The highest BCUT2D eigenvalue weighted by Crippen LogP contribution is 2.19. The molecule has 1 atom stereocenters. The number of aliphatic hydroxyl groups is 2. The van der Waals surface area contributed by atoms with E-state index < -0.39 is 12.7 Å². The number of aliphatic hydroxyl groups excluding tert-OH is 2. The molecule has 136 valence electrons. The summed E-state index contributed by atoms with van der Waals surface area (Å²) in [6.45, 7) is 3.01. The lowest BCUT2D eigenvalue weighted by atomic mass is 10.2. The molecular weight excluding hydrogens is 338 g/mol. The minimum Gasteiger partial charge on any atom is -0.393 e. The van der Waals surface area contributed by atoms with E-state index in [0.717, 1.165) is 17.8 Å². The summed E-state index contributed by atoms with van der Waals surface area (Å²) in [5.74, 6) is 0.375. The van der Waals surface area contributed by atoms with Crippen molar-refractivity contribution >= 4 is 11.7 Å². The van der Waals surface area contributed by atoms with Crippen LogP contribution in [0.4, 0.5) is 0 Å². The standard InChI is InChI=1S/C16H19N7O3/c1-10-3-6-22-14(18-19-16(22)17-10)15(26)21-4-2-5-23-11(8-21)7-12(20-23)13(25)9-24/h3,6-7,13,24-25H,2,4-5,8-9H2,1H3/t13-/m0/s1. The second-order valence-corrected chi connectivity index (χ2v) is 6.32. The molecule has 0 aliphatic carbocycles. The van der Waals surface area contributed by atoms with Gasteiger partial charge in [0, 0.05) is 25.0 Å². The molecule has 1 aliphatic heterocycles. The SMILES string of the molecule is Cc1ccn2c(C(=O)N3CCCn4nc([C@@H](O)CO)cc4C3)nnc2n1. The normalized spacial score (nSPS) is 15.7. The maximum atomic E-state index is 13.0. The van der Waals surface area contributed by atoms with Crippen molar-refractivity contribution in [1.82, 2.24) is 34.3 Å². The van der Waals surface area contributed by atoms with E-state index in [-0.39, 0.29) is 11.7 Å². The molecule has 3 aromatic rings. The van der Waals surface area contributed by atoms with E-state index in [9.17, 15) is 9.90 Å². The maximum absolute atomic E-state index is 13.0. The van der Waals surface area contributed by atoms with Crippen molar-refractivity contribution in [3.8, 4) is 0 Å². The van der Waals surface area contributed by atoms with Gasteiger partial charge in [0.15, 0.2) is 0 Å². The Kier molecular flexibility index (Phi) is 4.13. The highest BCUT2D eigenvalue weighted by Gasteiger charge is 2.26. The Bertz CT molecular complexity index is 964. The van der Waals surface area contributed by atoms with Gasteiger partial charge in [-0.3, -0.25) is 13.9 Å². The molecule has 1 aliphatic rings. The van der Waals surface area contributed by atoms with Crippen LogP contribution in [0.25, 0.3) is 5.78 Å². The molecular formula is C16H19N7O3. The number of aryl methyl sites for hydroxylation is 2. The van der Waals surface area contributed by atoms with Crippen molar-refractivity contribution < 1.29 is 15.0 Å². The number of aromatic nitrogens is 6. The molecule has 0 aromatic carbocycles. The zero-order valence-corrected chi connectivity index (χ0v) is 14.3. The molecule has 0 unspecified atom stereocenters. The first-order valence-corrected chi connectivity index (χ1v) is 8.40. The van der Waals surface area contributed by atoms with E-state index in [1.807, 2.05) is 6.92 Å². The fourth-order valence-electron chi connectivity index (χ4n) is 3.08.